The number of amides is 1. The maximum absolute atomic E-state index is 12.7. The Balaban J connectivity index is 1.62. The average Bonchev–Trinajstić information content (AvgIpc) is 2.87. The Morgan fingerprint density at radius 2 is 1.64 bits per heavy atom. The molecule has 0 fully saturated rings. The molecular weight excluding hydrogens is 442 g/mol. The highest BCUT2D eigenvalue weighted by Crippen LogP contribution is 2.17. The third kappa shape index (κ3) is 7.54. The number of nitrogens with one attached hydrogen (secondary N) is 1. The first-order valence-corrected chi connectivity index (χ1v) is 11.1. The molecule has 0 aliphatic heterocycles. The molecule has 0 saturated carbocycles. The summed E-state index contributed by atoms with van der Waals surface area (Å²) in [6.07, 6.45) is 0.278. The van der Waals surface area contributed by atoms with Gasteiger partial charge in [-0.05, 0) is 41.5 Å². The summed E-state index contributed by atoms with van der Waals surface area (Å²) in [5.41, 5.74) is 2.31. The molecule has 3 rings (SSSR count). The van der Waals surface area contributed by atoms with E-state index in [4.69, 9.17) is 25.8 Å². The summed E-state index contributed by atoms with van der Waals surface area (Å²) in [7, 11) is 1.29. The molecular formula is C26H26ClNO5. The number of benzene rings is 3. The predicted molar refractivity (Wildman–Crippen MR) is 127 cm³/mol. The van der Waals surface area contributed by atoms with Crippen molar-refractivity contribution in [3.63, 3.8) is 0 Å². The minimum atomic E-state index is -0.842. The standard InChI is InChI=1S/C26H26ClNO5/c1-31-26(30)24(28-25(29)21-8-5-9-23(17-21)32-15-14-27)16-19-10-12-22(13-11-19)33-18-20-6-3-2-4-7-20/h2-13,17,24H,14-16,18H2,1H3,(H,28,29)/t24-/m0/s1. The lowest BCUT2D eigenvalue weighted by Crippen LogP contribution is -2.43. The number of rotatable bonds is 11. The van der Waals surface area contributed by atoms with E-state index in [1.807, 2.05) is 54.6 Å². The van der Waals surface area contributed by atoms with Gasteiger partial charge in [0.15, 0.2) is 0 Å². The van der Waals surface area contributed by atoms with E-state index < -0.39 is 17.9 Å². The number of carbonyl (C=O) groups is 2. The third-order valence-corrected chi connectivity index (χ3v) is 5.00. The lowest BCUT2D eigenvalue weighted by molar-refractivity contribution is -0.142. The molecule has 1 N–H and O–H groups in total. The Bertz CT molecular complexity index is 1040. The van der Waals surface area contributed by atoms with Crippen molar-refractivity contribution in [2.75, 3.05) is 19.6 Å². The molecule has 1 atom stereocenters. The SMILES string of the molecule is COC(=O)[C@H](Cc1ccc(OCc2ccccc2)cc1)NC(=O)c1cccc(OCCCl)c1. The van der Waals surface area contributed by atoms with E-state index in [0.29, 0.717) is 30.4 Å². The number of methoxy groups -OCH3 is 1. The third-order valence-electron chi connectivity index (χ3n) is 4.84. The lowest BCUT2D eigenvalue weighted by Gasteiger charge is -2.17. The predicted octanol–water partition coefficient (Wildman–Crippen LogP) is 4.40. The van der Waals surface area contributed by atoms with Crippen LogP contribution < -0.4 is 14.8 Å². The van der Waals surface area contributed by atoms with Crippen LogP contribution in [0.25, 0.3) is 0 Å². The Hall–Kier alpha value is -3.51. The molecule has 7 heteroatoms. The number of halogens is 1. The molecule has 0 unspecified atom stereocenters. The van der Waals surface area contributed by atoms with Crippen LogP contribution in [0.3, 0.4) is 0 Å². The largest absolute Gasteiger partial charge is 0.492 e. The molecule has 3 aromatic carbocycles. The van der Waals surface area contributed by atoms with Crippen LogP contribution in [0.1, 0.15) is 21.5 Å². The lowest BCUT2D eigenvalue weighted by atomic mass is 10.0. The van der Waals surface area contributed by atoms with Gasteiger partial charge in [0.2, 0.25) is 0 Å². The summed E-state index contributed by atoms with van der Waals surface area (Å²) in [4.78, 5) is 25.1. The van der Waals surface area contributed by atoms with Gasteiger partial charge in [0.25, 0.3) is 5.91 Å². The van der Waals surface area contributed by atoms with Gasteiger partial charge in [-0.1, -0.05) is 48.5 Å². The van der Waals surface area contributed by atoms with Gasteiger partial charge in [-0.15, -0.1) is 11.6 Å². The second kappa shape index (κ2) is 12.5. The number of carbonyl (C=O) groups excluding carboxylic acids is 2. The van der Waals surface area contributed by atoms with Crippen molar-refractivity contribution in [1.82, 2.24) is 5.32 Å². The van der Waals surface area contributed by atoms with E-state index in [9.17, 15) is 9.59 Å². The fourth-order valence-corrected chi connectivity index (χ4v) is 3.24. The van der Waals surface area contributed by atoms with Crippen LogP contribution in [0, 0.1) is 0 Å². The van der Waals surface area contributed by atoms with Crippen LogP contribution in [0.15, 0.2) is 78.9 Å². The van der Waals surface area contributed by atoms with Crippen molar-refractivity contribution >= 4 is 23.5 Å². The van der Waals surface area contributed by atoms with Gasteiger partial charge in [-0.3, -0.25) is 4.79 Å². The normalized spacial score (nSPS) is 11.3. The van der Waals surface area contributed by atoms with Gasteiger partial charge >= 0.3 is 5.97 Å². The van der Waals surface area contributed by atoms with Crippen molar-refractivity contribution in [2.45, 2.75) is 19.1 Å². The number of hydrogen-bond donors (Lipinski definition) is 1. The molecule has 6 nitrogen and oxygen atoms in total. The van der Waals surface area contributed by atoms with Crippen molar-refractivity contribution in [3.05, 3.63) is 95.6 Å². The molecule has 0 aromatic heterocycles. The average molecular weight is 468 g/mol. The topological polar surface area (TPSA) is 73.9 Å². The van der Waals surface area contributed by atoms with Crippen LogP contribution >= 0.6 is 11.6 Å². The first-order chi connectivity index (χ1) is 16.1. The molecule has 0 spiro atoms. The Kier molecular flexibility index (Phi) is 9.15. The molecule has 0 heterocycles. The summed E-state index contributed by atoms with van der Waals surface area (Å²) in [6.45, 7) is 0.803. The number of ether oxygens (including phenoxy) is 3. The summed E-state index contributed by atoms with van der Waals surface area (Å²) in [5, 5.41) is 2.75. The smallest absolute Gasteiger partial charge is 0.328 e. The first-order valence-electron chi connectivity index (χ1n) is 10.5. The second-order valence-corrected chi connectivity index (χ2v) is 7.61. The Morgan fingerprint density at radius 1 is 0.879 bits per heavy atom. The maximum Gasteiger partial charge on any atom is 0.328 e. The Morgan fingerprint density at radius 3 is 2.33 bits per heavy atom. The number of hydrogen-bond acceptors (Lipinski definition) is 5. The fraction of sp³-hybridized carbons (Fsp3) is 0.231. The van der Waals surface area contributed by atoms with Gasteiger partial charge in [0.1, 0.15) is 30.8 Å². The molecule has 3 aromatic rings. The summed E-state index contributed by atoms with van der Waals surface area (Å²) in [5.74, 6) is 0.669. The van der Waals surface area contributed by atoms with Crippen molar-refractivity contribution < 1.29 is 23.8 Å². The molecule has 0 radical (unpaired) electrons. The van der Waals surface area contributed by atoms with Gasteiger partial charge in [0.05, 0.1) is 13.0 Å². The quantitative estimate of drug-likeness (QED) is 0.334. The van der Waals surface area contributed by atoms with Crippen molar-refractivity contribution in [3.8, 4) is 11.5 Å². The maximum atomic E-state index is 12.7. The van der Waals surface area contributed by atoms with Gasteiger partial charge < -0.3 is 19.5 Å². The van der Waals surface area contributed by atoms with Gasteiger partial charge in [0, 0.05) is 12.0 Å². The molecule has 0 saturated heterocycles. The zero-order valence-corrected chi connectivity index (χ0v) is 19.1. The molecule has 33 heavy (non-hydrogen) atoms. The molecule has 0 bridgehead atoms. The van der Waals surface area contributed by atoms with Gasteiger partial charge in [-0.25, -0.2) is 4.79 Å². The first kappa shape index (κ1) is 24.1. The number of esters is 1. The van der Waals surface area contributed by atoms with E-state index in [1.165, 1.54) is 7.11 Å². The van der Waals surface area contributed by atoms with E-state index in [1.54, 1.807) is 24.3 Å². The zero-order chi connectivity index (χ0) is 23.5. The van der Waals surface area contributed by atoms with E-state index in [2.05, 4.69) is 5.32 Å². The highest BCUT2D eigenvalue weighted by Gasteiger charge is 2.23. The second-order valence-electron chi connectivity index (χ2n) is 7.24. The summed E-state index contributed by atoms with van der Waals surface area (Å²) < 4.78 is 16.2. The minimum absolute atomic E-state index is 0.278. The van der Waals surface area contributed by atoms with Crippen LogP contribution in [0.4, 0.5) is 0 Å². The molecule has 1 amide bonds. The highest BCUT2D eigenvalue weighted by atomic mass is 35.5. The van der Waals surface area contributed by atoms with E-state index >= 15 is 0 Å². The van der Waals surface area contributed by atoms with E-state index in [-0.39, 0.29) is 6.42 Å². The van der Waals surface area contributed by atoms with Crippen molar-refractivity contribution in [2.24, 2.45) is 0 Å². The van der Waals surface area contributed by atoms with Crippen LogP contribution in [-0.4, -0.2) is 37.5 Å². The summed E-state index contributed by atoms with van der Waals surface area (Å²) in [6, 6.07) is 23.2. The Labute approximate surface area is 198 Å². The zero-order valence-electron chi connectivity index (χ0n) is 18.3. The van der Waals surface area contributed by atoms with Crippen LogP contribution in [0.2, 0.25) is 0 Å². The van der Waals surface area contributed by atoms with Gasteiger partial charge in [-0.2, -0.15) is 0 Å². The van der Waals surface area contributed by atoms with Crippen LogP contribution in [-0.2, 0) is 22.6 Å². The molecule has 172 valence electrons. The van der Waals surface area contributed by atoms with E-state index in [0.717, 1.165) is 16.9 Å². The molecule has 0 aliphatic carbocycles. The van der Waals surface area contributed by atoms with Crippen LogP contribution in [0.5, 0.6) is 11.5 Å². The summed E-state index contributed by atoms with van der Waals surface area (Å²) >= 11 is 5.64. The highest BCUT2D eigenvalue weighted by molar-refractivity contribution is 6.18. The number of alkyl halides is 1. The fourth-order valence-electron chi connectivity index (χ4n) is 3.16. The van der Waals surface area contributed by atoms with Crippen molar-refractivity contribution in [1.29, 1.82) is 0 Å². The monoisotopic (exact) mass is 467 g/mol. The minimum Gasteiger partial charge on any atom is -0.492 e. The molecule has 0 aliphatic rings.